The van der Waals surface area contributed by atoms with Gasteiger partial charge in [0, 0.05) is 19.5 Å². The highest BCUT2D eigenvalue weighted by Gasteiger charge is 2.13. The highest BCUT2D eigenvalue weighted by atomic mass is 16.1. The summed E-state index contributed by atoms with van der Waals surface area (Å²) in [7, 11) is 0. The van der Waals surface area contributed by atoms with Crippen LogP contribution in [0.1, 0.15) is 46.0 Å². The van der Waals surface area contributed by atoms with Gasteiger partial charge < -0.3 is 10.2 Å². The lowest BCUT2D eigenvalue weighted by Crippen LogP contribution is -2.32. The van der Waals surface area contributed by atoms with Crippen molar-refractivity contribution < 1.29 is 4.79 Å². The molecular weight excluding hydrogens is 200 g/mol. The number of hydrogen-bond acceptors (Lipinski definition) is 2. The fraction of sp³-hybridized carbons (Fsp3) is 0.923. The van der Waals surface area contributed by atoms with E-state index in [2.05, 4.69) is 24.1 Å². The van der Waals surface area contributed by atoms with Gasteiger partial charge in [0.1, 0.15) is 0 Å². The van der Waals surface area contributed by atoms with Crippen molar-refractivity contribution in [2.24, 2.45) is 5.92 Å². The summed E-state index contributed by atoms with van der Waals surface area (Å²) >= 11 is 0. The van der Waals surface area contributed by atoms with Gasteiger partial charge in [-0.25, -0.2) is 0 Å². The summed E-state index contributed by atoms with van der Waals surface area (Å²) < 4.78 is 0. The molecule has 1 amide bonds. The van der Waals surface area contributed by atoms with Crippen LogP contribution in [0.3, 0.4) is 0 Å². The Morgan fingerprint density at radius 2 is 1.88 bits per heavy atom. The van der Waals surface area contributed by atoms with E-state index in [1.54, 1.807) is 0 Å². The van der Waals surface area contributed by atoms with Crippen LogP contribution in [0, 0.1) is 5.92 Å². The van der Waals surface area contributed by atoms with E-state index in [-0.39, 0.29) is 5.91 Å². The van der Waals surface area contributed by atoms with Crippen LogP contribution in [0.15, 0.2) is 0 Å². The van der Waals surface area contributed by atoms with Crippen LogP contribution in [-0.4, -0.2) is 37.0 Å². The molecule has 1 aliphatic heterocycles. The fourth-order valence-corrected chi connectivity index (χ4v) is 2.19. The zero-order valence-corrected chi connectivity index (χ0v) is 10.8. The summed E-state index contributed by atoms with van der Waals surface area (Å²) in [4.78, 5) is 14.0. The molecule has 0 spiro atoms. The molecule has 94 valence electrons. The third kappa shape index (κ3) is 4.97. The van der Waals surface area contributed by atoms with Crippen LogP contribution in [0.25, 0.3) is 0 Å². The SMILES string of the molecule is CCC(CC)CNC(=O)CCN1CCCC1. The summed E-state index contributed by atoms with van der Waals surface area (Å²) in [6.45, 7) is 8.52. The number of likely N-dealkylation sites (tertiary alicyclic amines) is 1. The molecule has 1 N–H and O–H groups in total. The second kappa shape index (κ2) is 7.66. The molecule has 0 bridgehead atoms. The van der Waals surface area contributed by atoms with Gasteiger partial charge in [0.05, 0.1) is 0 Å². The smallest absolute Gasteiger partial charge is 0.221 e. The predicted octanol–water partition coefficient (Wildman–Crippen LogP) is 2.02. The van der Waals surface area contributed by atoms with Crippen molar-refractivity contribution in [3.63, 3.8) is 0 Å². The summed E-state index contributed by atoms with van der Waals surface area (Å²) in [5.41, 5.74) is 0. The monoisotopic (exact) mass is 226 g/mol. The molecule has 3 heteroatoms. The first-order valence-corrected chi connectivity index (χ1v) is 6.75. The second-order valence-corrected chi connectivity index (χ2v) is 4.79. The molecule has 0 aromatic carbocycles. The molecule has 1 aliphatic rings. The van der Waals surface area contributed by atoms with Crippen molar-refractivity contribution in [1.29, 1.82) is 0 Å². The van der Waals surface area contributed by atoms with Crippen molar-refractivity contribution >= 4 is 5.91 Å². The van der Waals surface area contributed by atoms with Gasteiger partial charge in [-0.3, -0.25) is 4.79 Å². The standard InChI is InChI=1S/C13H26N2O/c1-3-12(4-2)11-14-13(16)7-10-15-8-5-6-9-15/h12H,3-11H2,1-2H3,(H,14,16). The largest absolute Gasteiger partial charge is 0.356 e. The van der Waals surface area contributed by atoms with Gasteiger partial charge in [0.25, 0.3) is 0 Å². The maximum Gasteiger partial charge on any atom is 0.221 e. The quantitative estimate of drug-likeness (QED) is 0.720. The maximum atomic E-state index is 11.6. The molecule has 1 saturated heterocycles. The number of hydrogen-bond donors (Lipinski definition) is 1. The zero-order chi connectivity index (χ0) is 11.8. The van der Waals surface area contributed by atoms with Crippen molar-refractivity contribution in [3.8, 4) is 0 Å². The van der Waals surface area contributed by atoms with E-state index in [4.69, 9.17) is 0 Å². The molecule has 1 heterocycles. The predicted molar refractivity (Wildman–Crippen MR) is 67.4 cm³/mol. The number of nitrogens with one attached hydrogen (secondary N) is 1. The second-order valence-electron chi connectivity index (χ2n) is 4.79. The normalized spacial score (nSPS) is 16.9. The summed E-state index contributed by atoms with van der Waals surface area (Å²) in [6.07, 6.45) is 5.58. The summed E-state index contributed by atoms with van der Waals surface area (Å²) in [6, 6.07) is 0. The van der Waals surface area contributed by atoms with E-state index in [0.717, 1.165) is 25.9 Å². The van der Waals surface area contributed by atoms with E-state index in [1.165, 1.54) is 25.9 Å². The fourth-order valence-electron chi connectivity index (χ4n) is 2.19. The Balaban J connectivity index is 2.05. The van der Waals surface area contributed by atoms with Gasteiger partial charge in [0.15, 0.2) is 0 Å². The molecule has 1 fully saturated rings. The highest BCUT2D eigenvalue weighted by molar-refractivity contribution is 5.76. The van der Waals surface area contributed by atoms with Gasteiger partial charge in [-0.05, 0) is 31.8 Å². The van der Waals surface area contributed by atoms with E-state index >= 15 is 0 Å². The van der Waals surface area contributed by atoms with Crippen LogP contribution < -0.4 is 5.32 Å². The van der Waals surface area contributed by atoms with Gasteiger partial charge >= 0.3 is 0 Å². The minimum Gasteiger partial charge on any atom is -0.356 e. The van der Waals surface area contributed by atoms with Gasteiger partial charge in [-0.2, -0.15) is 0 Å². The first-order chi connectivity index (χ1) is 7.76. The average molecular weight is 226 g/mol. The Hall–Kier alpha value is -0.570. The third-order valence-corrected chi connectivity index (χ3v) is 3.60. The number of rotatable bonds is 7. The zero-order valence-electron chi connectivity index (χ0n) is 10.8. The van der Waals surface area contributed by atoms with Gasteiger partial charge in [-0.1, -0.05) is 26.7 Å². The molecule has 0 unspecified atom stereocenters. The van der Waals surface area contributed by atoms with Crippen LogP contribution in [0.2, 0.25) is 0 Å². The lowest BCUT2D eigenvalue weighted by Gasteiger charge is -2.16. The number of carbonyl (C=O) groups is 1. The van der Waals surface area contributed by atoms with Crippen molar-refractivity contribution in [3.05, 3.63) is 0 Å². The Kier molecular flexibility index (Phi) is 6.46. The minimum absolute atomic E-state index is 0.221. The number of amides is 1. The van der Waals surface area contributed by atoms with Crippen LogP contribution in [0.4, 0.5) is 0 Å². The Morgan fingerprint density at radius 3 is 2.44 bits per heavy atom. The summed E-state index contributed by atoms with van der Waals surface area (Å²) in [5.74, 6) is 0.870. The molecule has 0 aromatic heterocycles. The Bertz CT molecular complexity index is 188. The van der Waals surface area contributed by atoms with Gasteiger partial charge in [0.2, 0.25) is 5.91 Å². The lowest BCUT2D eigenvalue weighted by atomic mass is 10.0. The van der Waals surface area contributed by atoms with Crippen molar-refractivity contribution in [2.45, 2.75) is 46.0 Å². The van der Waals surface area contributed by atoms with Crippen molar-refractivity contribution in [1.82, 2.24) is 10.2 Å². The molecule has 16 heavy (non-hydrogen) atoms. The number of carbonyl (C=O) groups excluding carboxylic acids is 1. The molecule has 0 aromatic rings. The number of nitrogens with zero attached hydrogens (tertiary/aromatic N) is 1. The minimum atomic E-state index is 0.221. The van der Waals surface area contributed by atoms with Crippen LogP contribution in [0.5, 0.6) is 0 Å². The molecule has 0 aliphatic carbocycles. The first kappa shape index (κ1) is 13.5. The van der Waals surface area contributed by atoms with E-state index in [0.29, 0.717) is 12.3 Å². The maximum absolute atomic E-state index is 11.6. The molecule has 0 atom stereocenters. The molecule has 1 rings (SSSR count). The first-order valence-electron chi connectivity index (χ1n) is 6.75. The Morgan fingerprint density at radius 1 is 1.25 bits per heavy atom. The van der Waals surface area contributed by atoms with E-state index < -0.39 is 0 Å². The van der Waals surface area contributed by atoms with E-state index in [9.17, 15) is 4.79 Å². The average Bonchev–Trinajstić information content (AvgIpc) is 2.80. The highest BCUT2D eigenvalue weighted by Crippen LogP contribution is 2.08. The van der Waals surface area contributed by atoms with Gasteiger partial charge in [-0.15, -0.1) is 0 Å². The van der Waals surface area contributed by atoms with Crippen LogP contribution in [-0.2, 0) is 4.79 Å². The molecule has 0 saturated carbocycles. The molecule has 0 radical (unpaired) electrons. The van der Waals surface area contributed by atoms with Crippen LogP contribution >= 0.6 is 0 Å². The summed E-state index contributed by atoms with van der Waals surface area (Å²) in [5, 5.41) is 3.04. The Labute approximate surface area is 99.6 Å². The van der Waals surface area contributed by atoms with Crippen molar-refractivity contribution in [2.75, 3.05) is 26.2 Å². The van der Waals surface area contributed by atoms with E-state index in [1.807, 2.05) is 0 Å². The lowest BCUT2D eigenvalue weighted by molar-refractivity contribution is -0.121. The third-order valence-electron chi connectivity index (χ3n) is 3.60. The molecular formula is C13H26N2O. The molecule has 3 nitrogen and oxygen atoms in total. The topological polar surface area (TPSA) is 32.3 Å².